The Morgan fingerprint density at radius 2 is 1.90 bits per heavy atom. The van der Waals surface area contributed by atoms with Gasteiger partial charge >= 0.3 is 0 Å². The third-order valence-corrected chi connectivity index (χ3v) is 7.69. The van der Waals surface area contributed by atoms with Crippen LogP contribution in [0.3, 0.4) is 0 Å². The number of hydrogen-bond acceptors (Lipinski definition) is 3. The summed E-state index contributed by atoms with van der Waals surface area (Å²) in [4.78, 5) is 14.3. The Hall–Kier alpha value is -1.49. The smallest absolute Gasteiger partial charge is 0.231 e. The number of ether oxygens (including phenoxy) is 2. The molecule has 5 heteroatoms. The van der Waals surface area contributed by atoms with Gasteiger partial charge in [-0.2, -0.15) is 0 Å². The van der Waals surface area contributed by atoms with Gasteiger partial charge < -0.3 is 14.4 Å². The molecule has 1 amide bonds. The summed E-state index contributed by atoms with van der Waals surface area (Å²) in [6, 6.07) is 8.41. The van der Waals surface area contributed by atoms with E-state index in [1.54, 1.807) is 0 Å². The minimum atomic E-state index is -1.00. The lowest BCUT2D eigenvalue weighted by Crippen LogP contribution is -2.45. The van der Waals surface area contributed by atoms with Crippen molar-refractivity contribution in [1.29, 1.82) is 0 Å². The molecule has 1 aromatic rings. The molecule has 2 aliphatic rings. The predicted molar refractivity (Wildman–Crippen MR) is 84.6 cm³/mol. The number of carbonyl (C=O) groups excluding carboxylic acids is 1. The van der Waals surface area contributed by atoms with Crippen molar-refractivity contribution in [2.24, 2.45) is 0 Å². The van der Waals surface area contributed by atoms with Gasteiger partial charge in [0.15, 0.2) is 11.5 Å². The van der Waals surface area contributed by atoms with Crippen LogP contribution in [0, 0.1) is 0 Å². The van der Waals surface area contributed by atoms with Crippen LogP contribution in [-0.2, 0) is 11.2 Å². The number of carbonyl (C=O) groups is 1. The second-order valence-electron chi connectivity index (χ2n) is 6.73. The Morgan fingerprint density at radius 3 is 2.67 bits per heavy atom. The average molecular weight is 305 g/mol. The fraction of sp³-hybridized carbons (Fsp3) is 0.562. The fourth-order valence-corrected chi connectivity index (χ4v) is 4.87. The van der Waals surface area contributed by atoms with Gasteiger partial charge in [-0.25, -0.2) is 0 Å². The normalized spacial score (nSPS) is 19.6. The van der Waals surface area contributed by atoms with Crippen LogP contribution in [0.5, 0.6) is 11.5 Å². The molecule has 0 aliphatic carbocycles. The molecule has 0 radical (unpaired) electrons. The van der Waals surface area contributed by atoms with Crippen molar-refractivity contribution < 1.29 is 14.3 Å². The van der Waals surface area contributed by atoms with E-state index in [9.17, 15) is 4.79 Å². The number of aryl methyl sites for hydroxylation is 1. The molecule has 21 heavy (non-hydrogen) atoms. The van der Waals surface area contributed by atoms with Crippen LogP contribution in [0.1, 0.15) is 12.0 Å². The number of benzene rings is 1. The van der Waals surface area contributed by atoms with Gasteiger partial charge in [0, 0.05) is 19.5 Å². The van der Waals surface area contributed by atoms with E-state index in [1.807, 2.05) is 23.1 Å². The van der Waals surface area contributed by atoms with E-state index >= 15 is 0 Å². The maximum atomic E-state index is 12.3. The van der Waals surface area contributed by atoms with Gasteiger partial charge in [0.25, 0.3) is 0 Å². The second kappa shape index (κ2) is 5.71. The van der Waals surface area contributed by atoms with E-state index in [-0.39, 0.29) is 5.91 Å². The van der Waals surface area contributed by atoms with Crippen LogP contribution >= 0.6 is 0 Å². The first-order valence-electron chi connectivity index (χ1n) is 7.70. The van der Waals surface area contributed by atoms with Gasteiger partial charge in [-0.1, -0.05) is 19.2 Å². The third-order valence-electron chi connectivity index (χ3n) is 4.53. The summed E-state index contributed by atoms with van der Waals surface area (Å²) in [7, 11) is -1.00. The van der Waals surface area contributed by atoms with Gasteiger partial charge in [-0.05, 0) is 36.2 Å². The Kier molecular flexibility index (Phi) is 3.93. The van der Waals surface area contributed by atoms with Crippen LogP contribution < -0.4 is 9.47 Å². The summed E-state index contributed by atoms with van der Waals surface area (Å²) >= 11 is 0. The van der Waals surface area contributed by atoms with Gasteiger partial charge in [0.05, 0.1) is 8.07 Å². The molecule has 114 valence electrons. The first-order chi connectivity index (χ1) is 10.0. The number of amides is 1. The monoisotopic (exact) mass is 305 g/mol. The summed E-state index contributed by atoms with van der Waals surface area (Å²) < 4.78 is 10.7. The van der Waals surface area contributed by atoms with E-state index in [1.165, 1.54) is 12.1 Å². The van der Waals surface area contributed by atoms with Crippen molar-refractivity contribution in [3.05, 3.63) is 23.8 Å². The molecule has 0 bridgehead atoms. The zero-order chi connectivity index (χ0) is 14.9. The van der Waals surface area contributed by atoms with E-state index in [2.05, 4.69) is 13.1 Å². The topological polar surface area (TPSA) is 38.8 Å². The lowest BCUT2D eigenvalue weighted by atomic mass is 10.1. The highest BCUT2D eigenvalue weighted by Crippen LogP contribution is 2.32. The van der Waals surface area contributed by atoms with Crippen molar-refractivity contribution in [2.75, 3.05) is 19.9 Å². The zero-order valence-electron chi connectivity index (χ0n) is 12.9. The van der Waals surface area contributed by atoms with Crippen LogP contribution in [-0.4, -0.2) is 38.8 Å². The van der Waals surface area contributed by atoms with Gasteiger partial charge in [-0.3, -0.25) is 4.79 Å². The summed E-state index contributed by atoms with van der Waals surface area (Å²) in [6.45, 7) is 7.05. The molecular formula is C16H23NO3Si. The molecule has 1 saturated heterocycles. The van der Waals surface area contributed by atoms with Gasteiger partial charge in [-0.15, -0.1) is 0 Å². The summed E-state index contributed by atoms with van der Waals surface area (Å²) in [6.07, 6.45) is 1.36. The van der Waals surface area contributed by atoms with Crippen LogP contribution in [0.25, 0.3) is 0 Å². The highest BCUT2D eigenvalue weighted by Gasteiger charge is 2.29. The number of nitrogens with zero attached hydrogens (tertiary/aromatic N) is 1. The number of hydrogen-bond donors (Lipinski definition) is 0. The van der Waals surface area contributed by atoms with E-state index in [4.69, 9.17) is 9.47 Å². The number of fused-ring (bicyclic) bond motifs is 1. The molecule has 1 aromatic carbocycles. The lowest BCUT2D eigenvalue weighted by molar-refractivity contribution is -0.131. The molecule has 0 atom stereocenters. The van der Waals surface area contributed by atoms with Crippen molar-refractivity contribution in [3.8, 4) is 11.5 Å². The summed E-state index contributed by atoms with van der Waals surface area (Å²) in [5.41, 5.74) is 1.14. The minimum absolute atomic E-state index is 0.289. The van der Waals surface area contributed by atoms with E-state index < -0.39 is 8.07 Å². The number of rotatable bonds is 3. The van der Waals surface area contributed by atoms with E-state index in [0.717, 1.165) is 36.6 Å². The van der Waals surface area contributed by atoms with Crippen molar-refractivity contribution in [1.82, 2.24) is 4.90 Å². The maximum Gasteiger partial charge on any atom is 0.231 e. The molecule has 0 unspecified atom stereocenters. The van der Waals surface area contributed by atoms with E-state index in [0.29, 0.717) is 13.2 Å². The molecular weight excluding hydrogens is 282 g/mol. The molecule has 0 N–H and O–H groups in total. The highest BCUT2D eigenvalue weighted by atomic mass is 28.3. The van der Waals surface area contributed by atoms with Crippen LogP contribution in [0.4, 0.5) is 0 Å². The minimum Gasteiger partial charge on any atom is -0.454 e. The molecule has 4 nitrogen and oxygen atoms in total. The summed E-state index contributed by atoms with van der Waals surface area (Å²) in [5.74, 6) is 1.89. The molecule has 2 heterocycles. The first kappa shape index (κ1) is 14.4. The lowest BCUT2D eigenvalue weighted by Gasteiger charge is -2.35. The summed E-state index contributed by atoms with van der Waals surface area (Å²) in [5, 5.41) is 0. The van der Waals surface area contributed by atoms with Crippen LogP contribution in [0.15, 0.2) is 18.2 Å². The predicted octanol–water partition coefficient (Wildman–Crippen LogP) is 2.90. The molecule has 0 aromatic heterocycles. The van der Waals surface area contributed by atoms with Gasteiger partial charge in [0.2, 0.25) is 12.7 Å². The Labute approximate surface area is 127 Å². The highest BCUT2D eigenvalue weighted by molar-refractivity contribution is 6.77. The van der Waals surface area contributed by atoms with Crippen molar-refractivity contribution >= 4 is 14.0 Å². The quantitative estimate of drug-likeness (QED) is 0.806. The molecule has 0 saturated carbocycles. The molecule has 0 spiro atoms. The molecule has 2 aliphatic heterocycles. The largest absolute Gasteiger partial charge is 0.454 e. The van der Waals surface area contributed by atoms with Crippen molar-refractivity contribution in [3.63, 3.8) is 0 Å². The fourth-order valence-electron chi connectivity index (χ4n) is 2.87. The Bertz CT molecular complexity index is 534. The first-order valence-corrected chi connectivity index (χ1v) is 11.1. The Balaban J connectivity index is 1.52. The zero-order valence-corrected chi connectivity index (χ0v) is 13.9. The maximum absolute atomic E-state index is 12.3. The van der Waals surface area contributed by atoms with Crippen molar-refractivity contribution in [2.45, 2.75) is 38.0 Å². The molecule has 3 rings (SSSR count). The SMILES string of the molecule is C[Si]1(C)CCN(C(=O)CCc2ccc3c(c2)OCO3)CC1. The second-order valence-corrected chi connectivity index (χ2v) is 12.1. The standard InChI is InChI=1S/C16H23NO3Si/c1-21(2)9-7-17(8-10-21)16(18)6-4-13-3-5-14-15(11-13)20-12-19-14/h3,5,11H,4,6-10,12H2,1-2H3. The Morgan fingerprint density at radius 1 is 1.19 bits per heavy atom. The van der Waals surface area contributed by atoms with Crippen LogP contribution in [0.2, 0.25) is 25.2 Å². The third kappa shape index (κ3) is 3.40. The van der Waals surface area contributed by atoms with Gasteiger partial charge in [0.1, 0.15) is 0 Å². The molecule has 1 fully saturated rings. The average Bonchev–Trinajstić information content (AvgIpc) is 2.92.